The summed E-state index contributed by atoms with van der Waals surface area (Å²) in [7, 11) is 2.87. The van der Waals surface area contributed by atoms with Crippen LogP contribution < -0.4 is 9.80 Å². The van der Waals surface area contributed by atoms with E-state index in [9.17, 15) is 14.4 Å². The lowest BCUT2D eigenvalue weighted by Crippen LogP contribution is -2.80. The van der Waals surface area contributed by atoms with Crippen molar-refractivity contribution < 1.29 is 19.1 Å². The summed E-state index contributed by atoms with van der Waals surface area (Å²) in [5, 5.41) is 0. The number of esters is 1. The van der Waals surface area contributed by atoms with Crippen molar-refractivity contribution in [2.75, 3.05) is 24.0 Å². The fraction of sp³-hybridized carbons (Fsp3) is 0.250. The first kappa shape index (κ1) is 17.7. The van der Waals surface area contributed by atoms with Gasteiger partial charge in [0.2, 0.25) is 5.91 Å². The molecule has 1 saturated heterocycles. The molecule has 138 valence electrons. The lowest BCUT2D eigenvalue weighted by atomic mass is 9.58. The maximum absolute atomic E-state index is 13.6. The molecule has 2 aromatic carbocycles. The third kappa shape index (κ3) is 1.82. The molecule has 7 heteroatoms. The van der Waals surface area contributed by atoms with Crippen LogP contribution in [0.25, 0.3) is 0 Å². The average Bonchev–Trinajstić information content (AvgIpc) is 2.92. The molecule has 2 atom stereocenters. The van der Waals surface area contributed by atoms with Crippen molar-refractivity contribution in [3.63, 3.8) is 0 Å². The number of carbonyl (C=O) groups excluding carboxylic acids is 3. The van der Waals surface area contributed by atoms with Gasteiger partial charge in [0.25, 0.3) is 5.91 Å². The van der Waals surface area contributed by atoms with E-state index in [0.29, 0.717) is 21.4 Å². The van der Waals surface area contributed by atoms with Gasteiger partial charge in [0, 0.05) is 22.8 Å². The molecule has 1 spiro atoms. The van der Waals surface area contributed by atoms with Crippen LogP contribution in [0.2, 0.25) is 0 Å². The van der Waals surface area contributed by atoms with Gasteiger partial charge >= 0.3 is 5.97 Å². The number of β-lactam (4-membered cyclic amide) rings is 1. The van der Waals surface area contributed by atoms with Crippen molar-refractivity contribution in [2.24, 2.45) is 5.41 Å². The van der Waals surface area contributed by atoms with E-state index < -0.39 is 22.8 Å². The number of rotatable bonds is 2. The van der Waals surface area contributed by atoms with Crippen LogP contribution in [0, 0.1) is 5.41 Å². The van der Waals surface area contributed by atoms with Crippen LogP contribution >= 0.6 is 15.9 Å². The van der Waals surface area contributed by atoms with Gasteiger partial charge in [-0.3, -0.25) is 19.3 Å². The van der Waals surface area contributed by atoms with Crippen LogP contribution in [0.5, 0.6) is 0 Å². The molecule has 2 heterocycles. The summed E-state index contributed by atoms with van der Waals surface area (Å²) in [6, 6.07) is 14.3. The number of para-hydroxylation sites is 2. The zero-order chi connectivity index (χ0) is 19.6. The fourth-order valence-corrected chi connectivity index (χ4v) is 4.76. The van der Waals surface area contributed by atoms with Crippen LogP contribution in [0.3, 0.4) is 0 Å². The highest BCUT2D eigenvalue weighted by Gasteiger charge is 2.81. The molecule has 0 aliphatic carbocycles. The van der Waals surface area contributed by atoms with Gasteiger partial charge in [-0.2, -0.15) is 0 Å². The smallest absolute Gasteiger partial charge is 0.324 e. The molecule has 0 radical (unpaired) electrons. The van der Waals surface area contributed by atoms with Crippen LogP contribution in [0.4, 0.5) is 11.4 Å². The highest BCUT2D eigenvalue weighted by Crippen LogP contribution is 2.63. The number of ether oxygens (including phenoxy) is 1. The third-order valence-electron chi connectivity index (χ3n) is 5.65. The third-order valence-corrected chi connectivity index (χ3v) is 6.32. The van der Waals surface area contributed by atoms with Crippen LogP contribution in [-0.4, -0.2) is 31.9 Å². The second-order valence-corrected chi connectivity index (χ2v) is 7.65. The molecule has 27 heavy (non-hydrogen) atoms. The number of benzene rings is 2. The number of methoxy groups -OCH3 is 1. The Hall–Kier alpha value is -2.67. The Morgan fingerprint density at radius 1 is 1.00 bits per heavy atom. The molecule has 6 nitrogen and oxygen atoms in total. The van der Waals surface area contributed by atoms with Crippen molar-refractivity contribution in [2.45, 2.75) is 12.5 Å². The summed E-state index contributed by atoms with van der Waals surface area (Å²) in [4.78, 5) is 42.5. The first-order chi connectivity index (χ1) is 12.8. The van der Waals surface area contributed by atoms with E-state index >= 15 is 0 Å². The highest BCUT2D eigenvalue weighted by molar-refractivity contribution is 9.10. The Balaban J connectivity index is 2.07. The molecule has 2 unspecified atom stereocenters. The molecule has 0 bridgehead atoms. The van der Waals surface area contributed by atoms with E-state index in [4.69, 9.17) is 4.74 Å². The first-order valence-electron chi connectivity index (χ1n) is 8.38. The van der Waals surface area contributed by atoms with Gasteiger partial charge in [-0.25, -0.2) is 0 Å². The lowest BCUT2D eigenvalue weighted by molar-refractivity contribution is -0.175. The summed E-state index contributed by atoms with van der Waals surface area (Å²) in [5.41, 5.74) is -1.34. The zero-order valence-electron chi connectivity index (χ0n) is 15.0. The maximum Gasteiger partial charge on any atom is 0.324 e. The SMILES string of the molecule is COC(=O)C1(C)C(=O)N(c2ccccc2Br)C12C(=O)N(C)c1ccccc12. The molecule has 2 aromatic rings. The second-order valence-electron chi connectivity index (χ2n) is 6.80. The van der Waals surface area contributed by atoms with Gasteiger partial charge in [-0.15, -0.1) is 0 Å². The molecule has 2 aliphatic heterocycles. The minimum Gasteiger partial charge on any atom is -0.468 e. The minimum atomic E-state index is -1.66. The van der Waals surface area contributed by atoms with Crippen molar-refractivity contribution in [3.05, 3.63) is 58.6 Å². The van der Waals surface area contributed by atoms with Gasteiger partial charge in [0.15, 0.2) is 11.0 Å². The van der Waals surface area contributed by atoms with E-state index in [1.807, 2.05) is 12.1 Å². The number of nitrogens with zero attached hydrogens (tertiary/aromatic N) is 2. The molecule has 1 fully saturated rings. The Kier molecular flexibility index (Phi) is 3.72. The number of hydrogen-bond donors (Lipinski definition) is 0. The van der Waals surface area contributed by atoms with E-state index in [-0.39, 0.29) is 5.91 Å². The number of hydrogen-bond acceptors (Lipinski definition) is 4. The molecule has 0 aromatic heterocycles. The van der Waals surface area contributed by atoms with E-state index in [0.717, 1.165) is 0 Å². The Bertz CT molecular complexity index is 1010. The Morgan fingerprint density at radius 2 is 1.59 bits per heavy atom. The molecule has 2 amide bonds. The molecule has 4 rings (SSSR count). The lowest BCUT2D eigenvalue weighted by Gasteiger charge is -2.58. The predicted octanol–water partition coefficient (Wildman–Crippen LogP) is 2.85. The van der Waals surface area contributed by atoms with Gasteiger partial charge in [0.05, 0.1) is 12.8 Å². The van der Waals surface area contributed by atoms with Gasteiger partial charge in [-0.1, -0.05) is 30.3 Å². The normalized spacial score (nSPS) is 26.2. The maximum atomic E-state index is 13.6. The molecule has 0 saturated carbocycles. The predicted molar refractivity (Wildman–Crippen MR) is 103 cm³/mol. The monoisotopic (exact) mass is 428 g/mol. The molecule has 0 N–H and O–H groups in total. The molecular weight excluding hydrogens is 412 g/mol. The van der Waals surface area contributed by atoms with Gasteiger partial charge < -0.3 is 9.64 Å². The number of carbonyl (C=O) groups is 3. The van der Waals surface area contributed by atoms with Crippen molar-refractivity contribution in [1.82, 2.24) is 0 Å². The average molecular weight is 429 g/mol. The quantitative estimate of drug-likeness (QED) is 0.419. The van der Waals surface area contributed by atoms with Crippen molar-refractivity contribution in [3.8, 4) is 0 Å². The van der Waals surface area contributed by atoms with Gasteiger partial charge in [0.1, 0.15) is 0 Å². The number of halogens is 1. The zero-order valence-corrected chi connectivity index (χ0v) is 16.6. The summed E-state index contributed by atoms with van der Waals surface area (Å²) in [6.07, 6.45) is 0. The summed E-state index contributed by atoms with van der Waals surface area (Å²) < 4.78 is 5.62. The first-order valence-corrected chi connectivity index (χ1v) is 9.18. The fourth-order valence-electron chi connectivity index (χ4n) is 4.30. The van der Waals surface area contributed by atoms with Crippen LogP contribution in [0.1, 0.15) is 12.5 Å². The highest BCUT2D eigenvalue weighted by atomic mass is 79.9. The minimum absolute atomic E-state index is 0.341. The summed E-state index contributed by atoms with van der Waals surface area (Å²) in [5.74, 6) is -1.54. The number of fused-ring (bicyclic) bond motifs is 2. The Morgan fingerprint density at radius 3 is 2.22 bits per heavy atom. The topological polar surface area (TPSA) is 66.9 Å². The largest absolute Gasteiger partial charge is 0.468 e. The number of likely N-dealkylation sites (N-methyl/N-ethyl adjacent to an activating group) is 1. The standard InChI is InChI=1S/C20H17BrN2O4/c1-19(18(26)27-3)16(24)23(15-11-7-5-9-13(15)21)20(19)12-8-4-6-10-14(12)22(2)17(20)25/h4-11H,1-3H3. The molecular formula is C20H17BrN2O4. The van der Waals surface area contributed by atoms with Crippen LogP contribution in [-0.2, 0) is 24.7 Å². The molecule has 2 aliphatic rings. The summed E-state index contributed by atoms with van der Waals surface area (Å²) >= 11 is 3.46. The van der Waals surface area contributed by atoms with Crippen LogP contribution in [0.15, 0.2) is 53.0 Å². The second kappa shape index (κ2) is 5.66. The van der Waals surface area contributed by atoms with Crippen molar-refractivity contribution in [1.29, 1.82) is 0 Å². The van der Waals surface area contributed by atoms with Crippen molar-refractivity contribution >= 4 is 45.1 Å². The Labute approximate surface area is 164 Å². The van der Waals surface area contributed by atoms with Gasteiger partial charge in [-0.05, 0) is 41.1 Å². The van der Waals surface area contributed by atoms with E-state index in [1.54, 1.807) is 43.4 Å². The van der Waals surface area contributed by atoms with E-state index in [2.05, 4.69) is 15.9 Å². The number of anilines is 2. The summed E-state index contributed by atoms with van der Waals surface area (Å²) in [6.45, 7) is 1.49. The van der Waals surface area contributed by atoms with E-state index in [1.165, 1.54) is 23.8 Å². The number of amides is 2.